The van der Waals surface area contributed by atoms with Gasteiger partial charge in [0.1, 0.15) is 0 Å². The van der Waals surface area contributed by atoms with Gasteiger partial charge in [-0.25, -0.2) is 4.79 Å². The molecule has 1 saturated carbocycles. The molecule has 0 unspecified atom stereocenters. The third-order valence-electron chi connectivity index (χ3n) is 3.77. The van der Waals surface area contributed by atoms with E-state index in [9.17, 15) is 14.4 Å². The van der Waals surface area contributed by atoms with E-state index in [2.05, 4.69) is 10.6 Å². The van der Waals surface area contributed by atoms with Gasteiger partial charge in [-0.2, -0.15) is 0 Å². The highest BCUT2D eigenvalue weighted by Crippen LogP contribution is 2.24. The minimum absolute atomic E-state index is 0.0118. The van der Waals surface area contributed by atoms with Gasteiger partial charge >= 0.3 is 12.0 Å². The van der Waals surface area contributed by atoms with Crippen LogP contribution in [0, 0.1) is 11.3 Å². The van der Waals surface area contributed by atoms with Gasteiger partial charge in [-0.1, -0.05) is 0 Å². The second-order valence-corrected chi connectivity index (χ2v) is 5.96. The number of rotatable bonds is 5. The maximum atomic E-state index is 11.7. The SMILES string of the molecule is CC(C)(CNC(=O)NC1CCC(C(=O)O)CC1)C(N)=O. The van der Waals surface area contributed by atoms with E-state index in [4.69, 9.17) is 10.8 Å². The second-order valence-electron chi connectivity index (χ2n) is 5.96. The van der Waals surface area contributed by atoms with E-state index in [1.807, 2.05) is 0 Å². The van der Waals surface area contributed by atoms with Crippen LogP contribution in [-0.2, 0) is 9.59 Å². The molecule has 0 heterocycles. The molecule has 0 aliphatic heterocycles. The zero-order chi connectivity index (χ0) is 15.3. The smallest absolute Gasteiger partial charge is 0.315 e. The van der Waals surface area contributed by atoms with E-state index in [1.54, 1.807) is 13.8 Å². The summed E-state index contributed by atoms with van der Waals surface area (Å²) < 4.78 is 0. The van der Waals surface area contributed by atoms with Crippen LogP contribution >= 0.6 is 0 Å². The molecule has 7 heteroatoms. The van der Waals surface area contributed by atoms with Gasteiger partial charge < -0.3 is 21.5 Å². The standard InChI is InChI=1S/C13H23N3O4/c1-13(2,11(14)19)7-15-12(20)16-9-5-3-8(4-6-9)10(17)18/h8-9H,3-7H2,1-2H3,(H2,14,19)(H,17,18)(H2,15,16,20). The molecule has 0 aromatic carbocycles. The van der Waals surface area contributed by atoms with E-state index in [0.29, 0.717) is 25.7 Å². The molecule has 0 saturated heterocycles. The number of nitrogens with two attached hydrogens (primary N) is 1. The Morgan fingerprint density at radius 2 is 1.75 bits per heavy atom. The molecule has 20 heavy (non-hydrogen) atoms. The van der Waals surface area contributed by atoms with E-state index in [1.165, 1.54) is 0 Å². The summed E-state index contributed by atoms with van der Waals surface area (Å²) in [6.45, 7) is 3.49. The fourth-order valence-corrected chi connectivity index (χ4v) is 2.11. The Morgan fingerprint density at radius 3 is 2.20 bits per heavy atom. The number of carbonyl (C=O) groups is 3. The lowest BCUT2D eigenvalue weighted by Gasteiger charge is -2.27. The number of hydrogen-bond donors (Lipinski definition) is 4. The highest BCUT2D eigenvalue weighted by Gasteiger charge is 2.28. The molecule has 0 radical (unpaired) electrons. The van der Waals surface area contributed by atoms with Crippen LogP contribution < -0.4 is 16.4 Å². The van der Waals surface area contributed by atoms with Crippen molar-refractivity contribution in [3.63, 3.8) is 0 Å². The van der Waals surface area contributed by atoms with Crippen molar-refractivity contribution in [1.82, 2.24) is 10.6 Å². The van der Waals surface area contributed by atoms with Gasteiger partial charge in [0.05, 0.1) is 11.3 Å². The van der Waals surface area contributed by atoms with Crippen LogP contribution in [0.4, 0.5) is 4.79 Å². The molecular formula is C13H23N3O4. The molecule has 1 fully saturated rings. The van der Waals surface area contributed by atoms with Gasteiger partial charge in [-0.3, -0.25) is 9.59 Å². The van der Waals surface area contributed by atoms with Crippen molar-refractivity contribution in [2.75, 3.05) is 6.54 Å². The zero-order valence-electron chi connectivity index (χ0n) is 11.9. The molecule has 5 N–H and O–H groups in total. The van der Waals surface area contributed by atoms with E-state index < -0.39 is 17.3 Å². The quantitative estimate of drug-likeness (QED) is 0.585. The van der Waals surface area contributed by atoms with Crippen molar-refractivity contribution in [3.05, 3.63) is 0 Å². The van der Waals surface area contributed by atoms with Gasteiger partial charge in [0.15, 0.2) is 0 Å². The van der Waals surface area contributed by atoms with Gasteiger partial charge in [0.25, 0.3) is 0 Å². The van der Waals surface area contributed by atoms with Crippen LogP contribution in [0.2, 0.25) is 0 Å². The van der Waals surface area contributed by atoms with E-state index in [0.717, 1.165) is 0 Å². The van der Waals surface area contributed by atoms with Crippen molar-refractivity contribution in [2.45, 2.75) is 45.6 Å². The molecule has 3 amide bonds. The van der Waals surface area contributed by atoms with Crippen molar-refractivity contribution in [3.8, 4) is 0 Å². The number of nitrogens with one attached hydrogen (secondary N) is 2. The Labute approximate surface area is 118 Å². The molecule has 0 bridgehead atoms. The molecule has 0 aromatic rings. The molecule has 0 atom stereocenters. The number of carboxylic acid groups (broad SMARTS) is 1. The lowest BCUT2D eigenvalue weighted by Crippen LogP contribution is -2.48. The van der Waals surface area contributed by atoms with E-state index in [-0.39, 0.29) is 24.5 Å². The third kappa shape index (κ3) is 4.71. The average Bonchev–Trinajstić information content (AvgIpc) is 2.37. The van der Waals surface area contributed by atoms with Crippen molar-refractivity contribution in [2.24, 2.45) is 17.1 Å². The molecule has 0 aromatic heterocycles. The maximum Gasteiger partial charge on any atom is 0.315 e. The van der Waals surface area contributed by atoms with Crippen LogP contribution in [-0.4, -0.2) is 35.6 Å². The van der Waals surface area contributed by atoms with Crippen LogP contribution in [0.1, 0.15) is 39.5 Å². The first-order valence-corrected chi connectivity index (χ1v) is 6.79. The Bertz CT molecular complexity index is 387. The van der Waals surface area contributed by atoms with Crippen LogP contribution in [0.25, 0.3) is 0 Å². The minimum Gasteiger partial charge on any atom is -0.481 e. The van der Waals surface area contributed by atoms with Crippen LogP contribution in [0.15, 0.2) is 0 Å². The Hall–Kier alpha value is -1.79. The lowest BCUT2D eigenvalue weighted by atomic mass is 9.86. The number of primary amides is 1. The summed E-state index contributed by atoms with van der Waals surface area (Å²) in [7, 11) is 0. The molecular weight excluding hydrogens is 262 g/mol. The number of carbonyl (C=O) groups excluding carboxylic acids is 2. The maximum absolute atomic E-state index is 11.7. The first-order chi connectivity index (χ1) is 9.22. The van der Waals surface area contributed by atoms with Crippen LogP contribution in [0.3, 0.4) is 0 Å². The second kappa shape index (κ2) is 6.58. The third-order valence-corrected chi connectivity index (χ3v) is 3.77. The highest BCUT2D eigenvalue weighted by atomic mass is 16.4. The van der Waals surface area contributed by atoms with Crippen LogP contribution in [0.5, 0.6) is 0 Å². The van der Waals surface area contributed by atoms with E-state index >= 15 is 0 Å². The predicted octanol–water partition coefficient (Wildman–Crippen LogP) is 0.441. The first-order valence-electron chi connectivity index (χ1n) is 6.79. The topological polar surface area (TPSA) is 122 Å². The summed E-state index contributed by atoms with van der Waals surface area (Å²) in [5.74, 6) is -1.54. The summed E-state index contributed by atoms with van der Waals surface area (Å²) in [5, 5.41) is 14.3. The van der Waals surface area contributed by atoms with Gasteiger partial charge in [0, 0.05) is 12.6 Å². The molecule has 7 nitrogen and oxygen atoms in total. The van der Waals surface area contributed by atoms with Crippen molar-refractivity contribution < 1.29 is 19.5 Å². The van der Waals surface area contributed by atoms with Gasteiger partial charge in [0.2, 0.25) is 5.91 Å². The average molecular weight is 285 g/mol. The summed E-state index contributed by atoms with van der Waals surface area (Å²) >= 11 is 0. The molecule has 1 rings (SSSR count). The summed E-state index contributed by atoms with van der Waals surface area (Å²) in [6, 6.07) is -0.361. The lowest BCUT2D eigenvalue weighted by molar-refractivity contribution is -0.142. The Kier molecular flexibility index (Phi) is 5.35. The minimum atomic E-state index is -0.793. The molecule has 114 valence electrons. The predicted molar refractivity (Wildman–Crippen MR) is 72.9 cm³/mol. The highest BCUT2D eigenvalue weighted by molar-refractivity contribution is 5.81. The van der Waals surface area contributed by atoms with Gasteiger partial charge in [-0.05, 0) is 39.5 Å². The number of aliphatic carboxylic acids is 1. The number of amides is 3. The Balaban J connectivity index is 2.31. The van der Waals surface area contributed by atoms with Gasteiger partial charge in [-0.15, -0.1) is 0 Å². The van der Waals surface area contributed by atoms with Crippen molar-refractivity contribution >= 4 is 17.9 Å². The fraction of sp³-hybridized carbons (Fsp3) is 0.769. The summed E-state index contributed by atoms with van der Waals surface area (Å²) in [4.78, 5) is 33.6. The molecule has 1 aliphatic carbocycles. The number of hydrogen-bond acceptors (Lipinski definition) is 3. The number of carboxylic acids is 1. The largest absolute Gasteiger partial charge is 0.481 e. The Morgan fingerprint density at radius 1 is 1.20 bits per heavy atom. The first kappa shape index (κ1) is 16.3. The zero-order valence-corrected chi connectivity index (χ0v) is 11.9. The summed E-state index contributed by atoms with van der Waals surface area (Å²) in [6.07, 6.45) is 2.47. The summed E-state index contributed by atoms with van der Waals surface area (Å²) in [5.41, 5.74) is 4.42. The monoisotopic (exact) mass is 285 g/mol. The van der Waals surface area contributed by atoms with Crippen molar-refractivity contribution in [1.29, 1.82) is 0 Å². The molecule has 0 spiro atoms. The number of urea groups is 1. The molecule has 1 aliphatic rings. The fourth-order valence-electron chi connectivity index (χ4n) is 2.11. The normalized spacial score (nSPS) is 22.9.